The van der Waals surface area contributed by atoms with Crippen molar-refractivity contribution in [3.63, 3.8) is 0 Å². The maximum atomic E-state index is 12.6. The van der Waals surface area contributed by atoms with Crippen molar-refractivity contribution in [2.75, 3.05) is 37.6 Å². The van der Waals surface area contributed by atoms with E-state index in [-0.39, 0.29) is 11.8 Å². The Balaban J connectivity index is 1.27. The molecule has 1 aromatic heterocycles. The Bertz CT molecular complexity index is 780. The van der Waals surface area contributed by atoms with Crippen LogP contribution in [0.4, 0.5) is 5.69 Å². The smallest absolute Gasteiger partial charge is 0.227 e. The van der Waals surface area contributed by atoms with Crippen LogP contribution < -0.4 is 9.80 Å². The van der Waals surface area contributed by atoms with Gasteiger partial charge in [-0.2, -0.15) is 0 Å². The third kappa shape index (κ3) is 4.39. The van der Waals surface area contributed by atoms with E-state index in [1.165, 1.54) is 4.88 Å². The first-order chi connectivity index (χ1) is 13.2. The molecule has 2 aromatic rings. The number of benzene rings is 1. The van der Waals surface area contributed by atoms with E-state index in [9.17, 15) is 9.59 Å². The fourth-order valence-corrected chi connectivity index (χ4v) is 4.69. The summed E-state index contributed by atoms with van der Waals surface area (Å²) in [5.74, 6) is 0.400. The summed E-state index contributed by atoms with van der Waals surface area (Å²) in [6, 6.07) is 12.2. The lowest BCUT2D eigenvalue weighted by molar-refractivity contribution is -0.917. The molecule has 0 saturated carbocycles. The van der Waals surface area contributed by atoms with Gasteiger partial charge in [0.15, 0.2) is 0 Å². The summed E-state index contributed by atoms with van der Waals surface area (Å²) >= 11 is 1.81. The normalized spacial score (nSPS) is 18.3. The Morgan fingerprint density at radius 1 is 1.07 bits per heavy atom. The molecule has 0 spiro atoms. The standard InChI is InChI=1S/C21H25N3O2S/c25-20-4-1-9-24(20)18-7-5-17(6-8-18)15-21(26)23-12-10-22(11-13-23)16-19-3-2-14-27-19/h2-3,5-8,14H,1,4,9-13,15-16H2/p+1. The third-order valence-electron chi connectivity index (χ3n) is 5.50. The van der Waals surface area contributed by atoms with Crippen LogP contribution in [0.15, 0.2) is 41.8 Å². The largest absolute Gasteiger partial charge is 0.331 e. The summed E-state index contributed by atoms with van der Waals surface area (Å²) in [7, 11) is 0. The molecule has 0 radical (unpaired) electrons. The van der Waals surface area contributed by atoms with Gasteiger partial charge in [-0.15, -0.1) is 11.3 Å². The van der Waals surface area contributed by atoms with Crippen molar-refractivity contribution in [3.05, 3.63) is 52.2 Å². The van der Waals surface area contributed by atoms with Gasteiger partial charge < -0.3 is 14.7 Å². The minimum Gasteiger partial charge on any atom is -0.331 e. The maximum Gasteiger partial charge on any atom is 0.227 e. The minimum atomic E-state index is 0.196. The van der Waals surface area contributed by atoms with Crippen molar-refractivity contribution in [3.8, 4) is 0 Å². The van der Waals surface area contributed by atoms with Gasteiger partial charge >= 0.3 is 0 Å². The highest BCUT2D eigenvalue weighted by molar-refractivity contribution is 7.09. The number of quaternary nitrogens is 1. The molecule has 27 heavy (non-hydrogen) atoms. The first-order valence-corrected chi connectivity index (χ1v) is 10.6. The molecule has 2 saturated heterocycles. The summed E-state index contributed by atoms with van der Waals surface area (Å²) in [6.07, 6.45) is 2.01. The van der Waals surface area contributed by atoms with Crippen molar-refractivity contribution in [2.45, 2.75) is 25.8 Å². The van der Waals surface area contributed by atoms with Crippen LogP contribution in [0.1, 0.15) is 23.3 Å². The number of hydrogen-bond acceptors (Lipinski definition) is 3. The second-order valence-electron chi connectivity index (χ2n) is 7.38. The number of hydrogen-bond donors (Lipinski definition) is 1. The molecule has 1 N–H and O–H groups in total. The minimum absolute atomic E-state index is 0.196. The molecule has 2 amide bonds. The number of thiophene rings is 1. The van der Waals surface area contributed by atoms with E-state index >= 15 is 0 Å². The molecule has 2 aliphatic rings. The molecule has 5 nitrogen and oxygen atoms in total. The number of nitrogens with one attached hydrogen (secondary N) is 1. The number of rotatable bonds is 5. The summed E-state index contributed by atoms with van der Waals surface area (Å²) < 4.78 is 0. The van der Waals surface area contributed by atoms with Gasteiger partial charge in [0.1, 0.15) is 6.54 Å². The third-order valence-corrected chi connectivity index (χ3v) is 6.38. The molecule has 0 aliphatic carbocycles. The van der Waals surface area contributed by atoms with Gasteiger partial charge in [-0.25, -0.2) is 0 Å². The van der Waals surface area contributed by atoms with Crippen LogP contribution >= 0.6 is 11.3 Å². The fourth-order valence-electron chi connectivity index (χ4n) is 3.91. The number of carbonyl (C=O) groups is 2. The highest BCUT2D eigenvalue weighted by Crippen LogP contribution is 2.21. The number of piperazine rings is 1. The molecule has 4 rings (SSSR count). The predicted octanol–water partition coefficient (Wildman–Crippen LogP) is 1.34. The predicted molar refractivity (Wildman–Crippen MR) is 107 cm³/mol. The van der Waals surface area contributed by atoms with Crippen LogP contribution in [-0.4, -0.2) is 49.4 Å². The Labute approximate surface area is 164 Å². The number of carbonyl (C=O) groups excluding carboxylic acids is 2. The van der Waals surface area contributed by atoms with Gasteiger partial charge in [0.2, 0.25) is 11.8 Å². The summed E-state index contributed by atoms with van der Waals surface area (Å²) in [5, 5.41) is 2.12. The molecule has 2 fully saturated rings. The van der Waals surface area contributed by atoms with Crippen molar-refractivity contribution in [2.24, 2.45) is 0 Å². The van der Waals surface area contributed by atoms with Gasteiger partial charge in [-0.1, -0.05) is 18.2 Å². The Morgan fingerprint density at radius 2 is 1.85 bits per heavy atom. The van der Waals surface area contributed by atoms with Crippen LogP contribution in [0, 0.1) is 0 Å². The Morgan fingerprint density at radius 3 is 2.48 bits per heavy atom. The van der Waals surface area contributed by atoms with Gasteiger partial charge in [0.05, 0.1) is 37.5 Å². The lowest BCUT2D eigenvalue weighted by Gasteiger charge is -2.32. The van der Waals surface area contributed by atoms with Gasteiger partial charge in [-0.3, -0.25) is 9.59 Å². The summed E-state index contributed by atoms with van der Waals surface area (Å²) in [5.41, 5.74) is 1.96. The summed E-state index contributed by atoms with van der Waals surface area (Å²) in [4.78, 5) is 31.3. The Kier molecular flexibility index (Phi) is 5.55. The molecular formula is C21H26N3O2S+. The van der Waals surface area contributed by atoms with Crippen LogP contribution in [-0.2, 0) is 22.6 Å². The molecule has 0 unspecified atom stereocenters. The van der Waals surface area contributed by atoms with E-state index in [0.717, 1.165) is 56.9 Å². The van der Waals surface area contributed by atoms with E-state index in [2.05, 4.69) is 17.5 Å². The first-order valence-electron chi connectivity index (χ1n) is 9.72. The van der Waals surface area contributed by atoms with Crippen molar-refractivity contribution in [1.29, 1.82) is 0 Å². The molecular weight excluding hydrogens is 358 g/mol. The highest BCUT2D eigenvalue weighted by atomic mass is 32.1. The molecule has 1 aromatic carbocycles. The molecule has 142 valence electrons. The first kappa shape index (κ1) is 18.2. The van der Waals surface area contributed by atoms with Crippen LogP contribution in [0.5, 0.6) is 0 Å². The van der Waals surface area contributed by atoms with E-state index < -0.39 is 0 Å². The van der Waals surface area contributed by atoms with Crippen molar-refractivity contribution >= 4 is 28.8 Å². The monoisotopic (exact) mass is 384 g/mol. The summed E-state index contributed by atoms with van der Waals surface area (Å²) in [6.45, 7) is 5.56. The number of nitrogens with zero attached hydrogens (tertiary/aromatic N) is 2. The second-order valence-corrected chi connectivity index (χ2v) is 8.41. The fraction of sp³-hybridized carbons (Fsp3) is 0.429. The van der Waals surface area contributed by atoms with E-state index in [1.807, 2.05) is 45.4 Å². The lowest BCUT2D eigenvalue weighted by Crippen LogP contribution is -3.13. The zero-order valence-electron chi connectivity index (χ0n) is 15.5. The highest BCUT2D eigenvalue weighted by Gasteiger charge is 2.24. The second kappa shape index (κ2) is 8.23. The molecule has 2 aliphatic heterocycles. The molecule has 6 heteroatoms. The number of anilines is 1. The number of amides is 2. The van der Waals surface area contributed by atoms with Crippen LogP contribution in [0.2, 0.25) is 0 Å². The quantitative estimate of drug-likeness (QED) is 0.846. The lowest BCUT2D eigenvalue weighted by atomic mass is 10.1. The molecule has 0 bridgehead atoms. The molecule has 0 atom stereocenters. The zero-order chi connectivity index (χ0) is 18.6. The van der Waals surface area contributed by atoms with Crippen molar-refractivity contribution < 1.29 is 14.5 Å². The average molecular weight is 385 g/mol. The van der Waals surface area contributed by atoms with Crippen molar-refractivity contribution in [1.82, 2.24) is 4.90 Å². The van der Waals surface area contributed by atoms with E-state index in [4.69, 9.17) is 0 Å². The van der Waals surface area contributed by atoms with Crippen LogP contribution in [0.25, 0.3) is 0 Å². The topological polar surface area (TPSA) is 45.1 Å². The maximum absolute atomic E-state index is 12.6. The van der Waals surface area contributed by atoms with Crippen LogP contribution in [0.3, 0.4) is 0 Å². The van der Waals surface area contributed by atoms with Gasteiger partial charge in [0.25, 0.3) is 0 Å². The van der Waals surface area contributed by atoms with E-state index in [1.54, 1.807) is 4.90 Å². The average Bonchev–Trinajstić information content (AvgIpc) is 3.35. The SMILES string of the molecule is O=C(Cc1ccc(N2CCCC2=O)cc1)N1CC[NH+](Cc2cccs2)CC1. The van der Waals surface area contributed by atoms with Gasteiger partial charge in [-0.05, 0) is 35.6 Å². The zero-order valence-corrected chi connectivity index (χ0v) is 16.3. The van der Waals surface area contributed by atoms with E-state index in [0.29, 0.717) is 12.8 Å². The Hall–Kier alpha value is -2.18. The van der Waals surface area contributed by atoms with Gasteiger partial charge in [0, 0.05) is 18.7 Å². The molecule has 3 heterocycles.